The molecule has 1 atom stereocenters. The Kier molecular flexibility index (Phi) is 6.64. The molecule has 152 valence electrons. The van der Waals surface area contributed by atoms with Gasteiger partial charge in [0.2, 0.25) is 5.91 Å². The predicted octanol–water partition coefficient (Wildman–Crippen LogP) is 5.53. The smallest absolute Gasteiger partial charge is 0.234 e. The summed E-state index contributed by atoms with van der Waals surface area (Å²) in [4.78, 5) is 17.1. The number of nitriles is 1. The summed E-state index contributed by atoms with van der Waals surface area (Å²) in [6.07, 6.45) is 4.20. The van der Waals surface area contributed by atoms with E-state index in [0.29, 0.717) is 21.9 Å². The first-order chi connectivity index (χ1) is 13.8. The van der Waals surface area contributed by atoms with Gasteiger partial charge >= 0.3 is 0 Å². The fourth-order valence-corrected chi connectivity index (χ4v) is 4.62. The lowest BCUT2D eigenvalue weighted by Gasteiger charge is -2.37. The van der Waals surface area contributed by atoms with E-state index < -0.39 is 0 Å². The molecule has 0 spiro atoms. The van der Waals surface area contributed by atoms with Crippen LogP contribution in [0.2, 0.25) is 0 Å². The molecule has 1 aromatic heterocycles. The third-order valence-electron chi connectivity index (χ3n) is 6.13. The molecule has 1 aliphatic carbocycles. The van der Waals surface area contributed by atoms with E-state index in [9.17, 15) is 10.1 Å². The van der Waals surface area contributed by atoms with Gasteiger partial charge in [-0.2, -0.15) is 5.26 Å². The fourth-order valence-electron chi connectivity index (χ4n) is 3.85. The molecule has 0 bridgehead atoms. The Bertz CT molecular complexity index is 946. The highest BCUT2D eigenvalue weighted by Crippen LogP contribution is 2.40. The standard InChI is InChI=1S/C24H29N3OS/c1-5-24(3,4)19-9-10-21-17(13-19)12-18(14-25)23(27-21)29-15-22(28)26-20-8-6-7-16(2)11-20/h6-8,11-12,19H,5,9-10,13,15H2,1-4H3,(H,26,28). The molecule has 1 N–H and O–H groups in total. The molecule has 0 aliphatic heterocycles. The van der Waals surface area contributed by atoms with Gasteiger partial charge in [0.25, 0.3) is 0 Å². The van der Waals surface area contributed by atoms with Crippen LogP contribution in [0.5, 0.6) is 0 Å². The second-order valence-corrected chi connectivity index (χ2v) is 9.51. The summed E-state index contributed by atoms with van der Waals surface area (Å²) in [5.74, 6) is 0.764. The first-order valence-electron chi connectivity index (χ1n) is 10.2. The summed E-state index contributed by atoms with van der Waals surface area (Å²) < 4.78 is 0. The molecule has 1 aromatic carbocycles. The number of hydrogen-bond acceptors (Lipinski definition) is 4. The van der Waals surface area contributed by atoms with Crippen LogP contribution < -0.4 is 5.32 Å². The minimum atomic E-state index is -0.0891. The van der Waals surface area contributed by atoms with Gasteiger partial charge in [0, 0.05) is 11.4 Å². The van der Waals surface area contributed by atoms with Crippen LogP contribution >= 0.6 is 11.8 Å². The van der Waals surface area contributed by atoms with Crippen molar-refractivity contribution in [3.05, 3.63) is 52.7 Å². The van der Waals surface area contributed by atoms with E-state index in [1.165, 1.54) is 17.3 Å². The zero-order chi connectivity index (χ0) is 21.0. The summed E-state index contributed by atoms with van der Waals surface area (Å²) in [5, 5.41) is 13.2. The largest absolute Gasteiger partial charge is 0.325 e. The summed E-state index contributed by atoms with van der Waals surface area (Å²) in [5.41, 5.74) is 5.06. The monoisotopic (exact) mass is 407 g/mol. The molecule has 3 rings (SSSR count). The van der Waals surface area contributed by atoms with Crippen molar-refractivity contribution < 1.29 is 4.79 Å². The van der Waals surface area contributed by atoms with Crippen LogP contribution in [0.25, 0.3) is 0 Å². The molecular formula is C24H29N3OS. The van der Waals surface area contributed by atoms with Crippen LogP contribution in [0.4, 0.5) is 5.69 Å². The van der Waals surface area contributed by atoms with Gasteiger partial charge in [-0.25, -0.2) is 4.98 Å². The van der Waals surface area contributed by atoms with Crippen molar-refractivity contribution in [2.24, 2.45) is 11.3 Å². The minimum Gasteiger partial charge on any atom is -0.325 e. The number of pyridine rings is 1. The maximum absolute atomic E-state index is 12.3. The summed E-state index contributed by atoms with van der Waals surface area (Å²) in [6.45, 7) is 8.90. The number of carbonyl (C=O) groups excluding carboxylic acids is 1. The average Bonchev–Trinajstić information content (AvgIpc) is 2.71. The number of anilines is 1. The molecular weight excluding hydrogens is 378 g/mol. The van der Waals surface area contributed by atoms with Crippen LogP contribution in [0.3, 0.4) is 0 Å². The third-order valence-corrected chi connectivity index (χ3v) is 7.12. The predicted molar refractivity (Wildman–Crippen MR) is 119 cm³/mol. The number of thioether (sulfide) groups is 1. The molecule has 1 heterocycles. The molecule has 2 aromatic rings. The number of rotatable bonds is 6. The van der Waals surface area contributed by atoms with Crippen LogP contribution in [-0.2, 0) is 17.6 Å². The average molecular weight is 408 g/mol. The van der Waals surface area contributed by atoms with E-state index in [2.05, 4.69) is 32.2 Å². The number of aromatic nitrogens is 1. The number of aryl methyl sites for hydroxylation is 2. The molecule has 29 heavy (non-hydrogen) atoms. The van der Waals surface area contributed by atoms with Crippen molar-refractivity contribution in [2.45, 2.75) is 58.4 Å². The van der Waals surface area contributed by atoms with E-state index in [-0.39, 0.29) is 11.7 Å². The third kappa shape index (κ3) is 5.19. The Hall–Kier alpha value is -2.32. The molecule has 0 radical (unpaired) electrons. The summed E-state index contributed by atoms with van der Waals surface area (Å²) in [6, 6.07) is 12.0. The number of nitrogens with zero attached hydrogens (tertiary/aromatic N) is 2. The van der Waals surface area contributed by atoms with Crippen molar-refractivity contribution >= 4 is 23.4 Å². The highest BCUT2D eigenvalue weighted by Gasteiger charge is 2.32. The lowest BCUT2D eigenvalue weighted by Crippen LogP contribution is -2.29. The van der Waals surface area contributed by atoms with Crippen molar-refractivity contribution in [1.82, 2.24) is 4.98 Å². The molecule has 5 heteroatoms. The van der Waals surface area contributed by atoms with E-state index in [1.807, 2.05) is 37.3 Å². The molecule has 1 aliphatic rings. The van der Waals surface area contributed by atoms with Crippen LogP contribution in [-0.4, -0.2) is 16.6 Å². The number of benzene rings is 1. The first kappa shape index (κ1) is 21.4. The highest BCUT2D eigenvalue weighted by atomic mass is 32.2. The Morgan fingerprint density at radius 3 is 2.86 bits per heavy atom. The highest BCUT2D eigenvalue weighted by molar-refractivity contribution is 8.00. The minimum absolute atomic E-state index is 0.0891. The van der Waals surface area contributed by atoms with Crippen molar-refractivity contribution in [2.75, 3.05) is 11.1 Å². The molecule has 4 nitrogen and oxygen atoms in total. The molecule has 0 fully saturated rings. The second-order valence-electron chi connectivity index (χ2n) is 8.55. The van der Waals surface area contributed by atoms with Crippen LogP contribution in [0.15, 0.2) is 35.4 Å². The number of carbonyl (C=O) groups is 1. The van der Waals surface area contributed by atoms with Gasteiger partial charge in [-0.15, -0.1) is 0 Å². The van der Waals surface area contributed by atoms with Crippen LogP contribution in [0.1, 0.15) is 56.0 Å². The number of hydrogen-bond donors (Lipinski definition) is 1. The SMILES string of the molecule is CCC(C)(C)C1CCc2nc(SCC(=O)Nc3cccc(C)c3)c(C#N)cc2C1. The van der Waals surface area contributed by atoms with E-state index in [4.69, 9.17) is 4.98 Å². The Morgan fingerprint density at radius 2 is 2.17 bits per heavy atom. The Balaban J connectivity index is 1.69. The maximum Gasteiger partial charge on any atom is 0.234 e. The fraction of sp³-hybridized carbons (Fsp3) is 0.458. The molecule has 1 amide bonds. The zero-order valence-corrected chi connectivity index (χ0v) is 18.5. The number of nitrogens with one attached hydrogen (secondary N) is 1. The summed E-state index contributed by atoms with van der Waals surface area (Å²) >= 11 is 1.34. The van der Waals surface area contributed by atoms with Gasteiger partial charge < -0.3 is 5.32 Å². The lowest BCUT2D eigenvalue weighted by atomic mass is 9.69. The second kappa shape index (κ2) is 9.00. The Labute approximate surface area is 178 Å². The van der Waals surface area contributed by atoms with Crippen molar-refractivity contribution in [1.29, 1.82) is 5.26 Å². The molecule has 0 saturated heterocycles. The molecule has 0 saturated carbocycles. The van der Waals surface area contributed by atoms with Gasteiger partial charge in [-0.3, -0.25) is 4.79 Å². The van der Waals surface area contributed by atoms with Gasteiger partial charge in [-0.1, -0.05) is 51.1 Å². The van der Waals surface area contributed by atoms with E-state index in [0.717, 1.165) is 42.6 Å². The van der Waals surface area contributed by atoms with Gasteiger partial charge in [0.1, 0.15) is 11.1 Å². The maximum atomic E-state index is 12.3. The van der Waals surface area contributed by atoms with E-state index >= 15 is 0 Å². The van der Waals surface area contributed by atoms with Crippen molar-refractivity contribution in [3.8, 4) is 6.07 Å². The first-order valence-corrected chi connectivity index (χ1v) is 11.2. The van der Waals surface area contributed by atoms with Gasteiger partial charge in [0.15, 0.2) is 0 Å². The zero-order valence-electron chi connectivity index (χ0n) is 17.7. The van der Waals surface area contributed by atoms with Gasteiger partial charge in [-0.05, 0) is 66.8 Å². The van der Waals surface area contributed by atoms with E-state index in [1.54, 1.807) is 0 Å². The Morgan fingerprint density at radius 1 is 1.38 bits per heavy atom. The van der Waals surface area contributed by atoms with Crippen molar-refractivity contribution in [3.63, 3.8) is 0 Å². The van der Waals surface area contributed by atoms with Crippen LogP contribution in [0, 0.1) is 29.6 Å². The summed E-state index contributed by atoms with van der Waals surface area (Å²) in [7, 11) is 0. The number of amides is 1. The van der Waals surface area contributed by atoms with Gasteiger partial charge in [0.05, 0.1) is 11.3 Å². The molecule has 1 unspecified atom stereocenters. The topological polar surface area (TPSA) is 65.8 Å². The normalized spacial score (nSPS) is 16.0. The number of fused-ring (bicyclic) bond motifs is 1. The lowest BCUT2D eigenvalue weighted by molar-refractivity contribution is -0.113. The quantitative estimate of drug-likeness (QED) is 0.639.